The van der Waals surface area contributed by atoms with E-state index in [1.54, 1.807) is 16.9 Å². The second-order valence-corrected chi connectivity index (χ2v) is 6.75. The summed E-state index contributed by atoms with van der Waals surface area (Å²) in [4.78, 5) is 6.74. The van der Waals surface area contributed by atoms with Gasteiger partial charge in [-0.3, -0.25) is 4.99 Å². The average Bonchev–Trinajstić information content (AvgIpc) is 3.03. The zero-order valence-electron chi connectivity index (χ0n) is 15.6. The van der Waals surface area contributed by atoms with Crippen LogP contribution >= 0.6 is 0 Å². The number of halogens is 2. The molecule has 0 bridgehead atoms. The molecule has 0 aliphatic carbocycles. The molecule has 6 heteroatoms. The van der Waals surface area contributed by atoms with Crippen molar-refractivity contribution in [2.45, 2.75) is 13.0 Å². The molecule has 0 radical (unpaired) electrons. The standard InChI is InChI=1S/C22H21F2N3O/c1-3-15-10-18(22-20(11-15)28-9-8-26(22)2)25-13-17-12-16-6-4-5-7-19(16)27(17)14-21(23)24/h3-7,10-13,21H,1,8-9,14H2,2H3/b25-13+. The van der Waals surface area contributed by atoms with Gasteiger partial charge >= 0.3 is 0 Å². The largest absolute Gasteiger partial charge is 0.489 e. The molecule has 0 saturated heterocycles. The minimum Gasteiger partial charge on any atom is -0.489 e. The van der Waals surface area contributed by atoms with Crippen LogP contribution in [0.15, 0.2) is 54.0 Å². The van der Waals surface area contributed by atoms with Crippen LogP contribution in [0, 0.1) is 0 Å². The van der Waals surface area contributed by atoms with Crippen molar-refractivity contribution in [1.82, 2.24) is 4.57 Å². The summed E-state index contributed by atoms with van der Waals surface area (Å²) >= 11 is 0. The Bertz CT molecular complexity index is 1060. The lowest BCUT2D eigenvalue weighted by molar-refractivity contribution is 0.128. The van der Waals surface area contributed by atoms with Crippen LogP contribution in [-0.2, 0) is 6.54 Å². The predicted molar refractivity (Wildman–Crippen MR) is 110 cm³/mol. The van der Waals surface area contributed by atoms with E-state index < -0.39 is 6.43 Å². The van der Waals surface area contributed by atoms with Gasteiger partial charge in [-0.2, -0.15) is 0 Å². The SMILES string of the molecule is C=Cc1cc(/N=C/c2cc3ccccc3n2CC(F)F)c2c(c1)OCCN2C. The number of hydrogen-bond acceptors (Lipinski definition) is 3. The van der Waals surface area contributed by atoms with Crippen molar-refractivity contribution in [2.75, 3.05) is 25.1 Å². The predicted octanol–water partition coefficient (Wildman–Crippen LogP) is 5.13. The molecular weight excluding hydrogens is 360 g/mol. The monoisotopic (exact) mass is 381 g/mol. The molecule has 0 saturated carbocycles. The van der Waals surface area contributed by atoms with E-state index in [0.29, 0.717) is 12.3 Å². The number of hydrogen-bond donors (Lipinski definition) is 0. The fraction of sp³-hybridized carbons (Fsp3) is 0.227. The summed E-state index contributed by atoms with van der Waals surface area (Å²) in [6, 6.07) is 13.2. The molecule has 0 unspecified atom stereocenters. The summed E-state index contributed by atoms with van der Waals surface area (Å²) in [5.74, 6) is 0.756. The third kappa shape index (κ3) is 3.38. The molecule has 0 amide bonds. The van der Waals surface area contributed by atoms with E-state index in [-0.39, 0.29) is 6.54 Å². The number of rotatable bonds is 5. The fourth-order valence-electron chi connectivity index (χ4n) is 3.54. The van der Waals surface area contributed by atoms with Gasteiger partial charge in [-0.05, 0) is 29.8 Å². The highest BCUT2D eigenvalue weighted by Gasteiger charge is 2.20. The molecule has 144 valence electrons. The van der Waals surface area contributed by atoms with Gasteiger partial charge < -0.3 is 14.2 Å². The van der Waals surface area contributed by atoms with Crippen molar-refractivity contribution in [3.8, 4) is 5.75 Å². The molecule has 0 N–H and O–H groups in total. The van der Waals surface area contributed by atoms with Crippen molar-refractivity contribution in [3.63, 3.8) is 0 Å². The number of aliphatic imine (C=N–C) groups is 1. The van der Waals surface area contributed by atoms with Crippen LogP contribution in [0.3, 0.4) is 0 Å². The topological polar surface area (TPSA) is 29.8 Å². The van der Waals surface area contributed by atoms with E-state index in [1.165, 1.54) is 0 Å². The zero-order valence-corrected chi connectivity index (χ0v) is 15.6. The van der Waals surface area contributed by atoms with Crippen LogP contribution in [0.5, 0.6) is 5.75 Å². The molecule has 4 rings (SSSR count). The number of benzene rings is 2. The van der Waals surface area contributed by atoms with Crippen molar-refractivity contribution in [1.29, 1.82) is 0 Å². The van der Waals surface area contributed by atoms with Crippen molar-refractivity contribution >= 4 is 34.6 Å². The number of ether oxygens (including phenoxy) is 1. The Morgan fingerprint density at radius 3 is 2.86 bits per heavy atom. The second kappa shape index (κ2) is 7.46. The highest BCUT2D eigenvalue weighted by Crippen LogP contribution is 2.41. The van der Waals surface area contributed by atoms with Gasteiger partial charge in [-0.25, -0.2) is 8.78 Å². The Hall–Kier alpha value is -3.15. The molecular formula is C22H21F2N3O. The van der Waals surface area contributed by atoms with Gasteiger partial charge in [0.15, 0.2) is 0 Å². The molecule has 4 nitrogen and oxygen atoms in total. The van der Waals surface area contributed by atoms with E-state index in [4.69, 9.17) is 4.74 Å². The number of nitrogens with zero attached hydrogens (tertiary/aromatic N) is 3. The Balaban J connectivity index is 1.81. The minimum atomic E-state index is -2.45. The molecule has 2 heterocycles. The number of para-hydroxylation sites is 1. The van der Waals surface area contributed by atoms with Crippen LogP contribution in [0.25, 0.3) is 17.0 Å². The van der Waals surface area contributed by atoms with Crippen LogP contribution in [0.4, 0.5) is 20.2 Å². The average molecular weight is 381 g/mol. The first-order valence-electron chi connectivity index (χ1n) is 9.11. The van der Waals surface area contributed by atoms with Gasteiger partial charge in [-0.1, -0.05) is 30.9 Å². The summed E-state index contributed by atoms with van der Waals surface area (Å²) in [6.45, 7) is 4.82. The van der Waals surface area contributed by atoms with Gasteiger partial charge in [0.1, 0.15) is 18.0 Å². The number of alkyl halides is 2. The lowest BCUT2D eigenvalue weighted by atomic mass is 10.1. The van der Waals surface area contributed by atoms with Crippen LogP contribution in [-0.4, -0.2) is 37.4 Å². The van der Waals surface area contributed by atoms with Gasteiger partial charge in [-0.15, -0.1) is 0 Å². The number of anilines is 1. The smallest absolute Gasteiger partial charge is 0.256 e. The van der Waals surface area contributed by atoms with Gasteiger partial charge in [0, 0.05) is 18.0 Å². The lowest BCUT2D eigenvalue weighted by Gasteiger charge is -2.29. The molecule has 3 aromatic rings. The number of aromatic nitrogens is 1. The van der Waals surface area contributed by atoms with E-state index in [2.05, 4.69) is 16.5 Å². The van der Waals surface area contributed by atoms with Crippen molar-refractivity contribution < 1.29 is 13.5 Å². The summed E-state index contributed by atoms with van der Waals surface area (Å²) < 4.78 is 33.7. The lowest BCUT2D eigenvalue weighted by Crippen LogP contribution is -2.28. The molecule has 2 aromatic carbocycles. The molecule has 0 atom stereocenters. The third-order valence-electron chi connectivity index (χ3n) is 4.88. The number of fused-ring (bicyclic) bond motifs is 2. The fourth-order valence-corrected chi connectivity index (χ4v) is 3.54. The molecule has 1 aliphatic heterocycles. The molecule has 0 spiro atoms. The zero-order chi connectivity index (χ0) is 19.7. The van der Waals surface area contributed by atoms with Crippen molar-refractivity contribution in [2.24, 2.45) is 4.99 Å². The molecule has 1 aromatic heterocycles. The van der Waals surface area contributed by atoms with Crippen molar-refractivity contribution in [3.05, 3.63) is 60.3 Å². The van der Waals surface area contributed by atoms with E-state index in [0.717, 1.165) is 40.1 Å². The third-order valence-corrected chi connectivity index (χ3v) is 4.88. The van der Waals surface area contributed by atoms with Gasteiger partial charge in [0.2, 0.25) is 0 Å². The first-order valence-corrected chi connectivity index (χ1v) is 9.11. The number of likely N-dealkylation sites (N-methyl/N-ethyl adjacent to an activating group) is 1. The van der Waals surface area contributed by atoms with Gasteiger partial charge in [0.25, 0.3) is 6.43 Å². The molecule has 28 heavy (non-hydrogen) atoms. The van der Waals surface area contributed by atoms with Crippen LogP contribution < -0.4 is 9.64 Å². The summed E-state index contributed by atoms with van der Waals surface area (Å²) in [6.07, 6.45) is 0.942. The Kier molecular flexibility index (Phi) is 4.86. The normalized spacial score (nSPS) is 13.9. The van der Waals surface area contributed by atoms with E-state index in [1.807, 2.05) is 49.5 Å². The van der Waals surface area contributed by atoms with Crippen LogP contribution in [0.1, 0.15) is 11.3 Å². The minimum absolute atomic E-state index is 0.372. The van der Waals surface area contributed by atoms with E-state index >= 15 is 0 Å². The summed E-state index contributed by atoms with van der Waals surface area (Å²) in [7, 11) is 1.99. The summed E-state index contributed by atoms with van der Waals surface area (Å²) in [5, 5.41) is 0.909. The van der Waals surface area contributed by atoms with Gasteiger partial charge in [0.05, 0.1) is 30.7 Å². The van der Waals surface area contributed by atoms with E-state index in [9.17, 15) is 8.78 Å². The quantitative estimate of drug-likeness (QED) is 0.574. The maximum absolute atomic E-state index is 13.1. The Morgan fingerprint density at radius 2 is 2.07 bits per heavy atom. The second-order valence-electron chi connectivity index (χ2n) is 6.75. The summed E-state index contributed by atoms with van der Waals surface area (Å²) in [5.41, 5.74) is 3.92. The highest BCUT2D eigenvalue weighted by atomic mass is 19.3. The Labute approximate surface area is 162 Å². The maximum Gasteiger partial charge on any atom is 0.256 e. The van der Waals surface area contributed by atoms with Crippen LogP contribution in [0.2, 0.25) is 0 Å². The highest BCUT2D eigenvalue weighted by molar-refractivity contribution is 5.93. The maximum atomic E-state index is 13.1. The molecule has 1 aliphatic rings. The first kappa shape index (κ1) is 18.2. The first-order chi connectivity index (χ1) is 13.6. The molecule has 0 fully saturated rings. The Morgan fingerprint density at radius 1 is 1.25 bits per heavy atom.